The van der Waals surface area contributed by atoms with Crippen molar-refractivity contribution in [3.8, 4) is 6.07 Å². The second-order valence-corrected chi connectivity index (χ2v) is 4.59. The fourth-order valence-electron chi connectivity index (χ4n) is 0.869. The summed E-state index contributed by atoms with van der Waals surface area (Å²) in [4.78, 5) is 13.8. The van der Waals surface area contributed by atoms with E-state index in [1.807, 2.05) is 17.5 Å². The van der Waals surface area contributed by atoms with E-state index >= 15 is 0 Å². The summed E-state index contributed by atoms with van der Waals surface area (Å²) in [6, 6.07) is 3.44. The summed E-state index contributed by atoms with van der Waals surface area (Å²) in [6.45, 7) is 1.69. The Balaban J connectivity index is 2.87. The molecule has 0 aliphatic carbocycles. The van der Waals surface area contributed by atoms with Crippen molar-refractivity contribution in [3.63, 3.8) is 0 Å². The Hall–Kier alpha value is -0.860. The van der Waals surface area contributed by atoms with Gasteiger partial charge in [0.15, 0.2) is 0 Å². The molecule has 0 saturated heterocycles. The first-order valence-electron chi connectivity index (χ1n) is 3.97. The van der Waals surface area contributed by atoms with E-state index in [1.54, 1.807) is 14.0 Å². The Morgan fingerprint density at radius 2 is 2.43 bits per heavy atom. The molecule has 0 saturated carbocycles. The number of carbonyl (C=O) groups is 1. The number of nitriles is 1. The third-order valence-corrected chi connectivity index (χ3v) is 3.73. The summed E-state index contributed by atoms with van der Waals surface area (Å²) in [7, 11) is 1.63. The number of rotatable bonds is 2. The molecule has 5 heteroatoms. The van der Waals surface area contributed by atoms with E-state index in [-0.39, 0.29) is 5.91 Å². The SMILES string of the molecule is CC(C#N)N(C)C(=O)c1sccc1Br. The van der Waals surface area contributed by atoms with E-state index in [4.69, 9.17) is 5.26 Å². The van der Waals surface area contributed by atoms with Gasteiger partial charge in [-0.15, -0.1) is 11.3 Å². The number of hydrogen-bond donors (Lipinski definition) is 0. The van der Waals surface area contributed by atoms with E-state index in [2.05, 4.69) is 15.9 Å². The molecule has 0 bridgehead atoms. The summed E-state index contributed by atoms with van der Waals surface area (Å²) in [5.41, 5.74) is 0. The molecule has 1 amide bonds. The zero-order valence-corrected chi connectivity index (χ0v) is 10.2. The number of carbonyl (C=O) groups excluding carboxylic acids is 1. The zero-order chi connectivity index (χ0) is 10.7. The van der Waals surface area contributed by atoms with Crippen molar-refractivity contribution in [1.29, 1.82) is 5.26 Å². The molecule has 1 unspecified atom stereocenters. The van der Waals surface area contributed by atoms with Gasteiger partial charge in [0.25, 0.3) is 5.91 Å². The minimum Gasteiger partial charge on any atom is -0.325 e. The van der Waals surface area contributed by atoms with E-state index in [1.165, 1.54) is 16.2 Å². The Morgan fingerprint density at radius 1 is 1.79 bits per heavy atom. The molecule has 0 aliphatic heterocycles. The van der Waals surface area contributed by atoms with Gasteiger partial charge in [-0.3, -0.25) is 4.79 Å². The van der Waals surface area contributed by atoms with Gasteiger partial charge in [0.05, 0.1) is 6.07 Å². The molecule has 1 heterocycles. The van der Waals surface area contributed by atoms with Crippen molar-refractivity contribution in [2.75, 3.05) is 7.05 Å². The fourth-order valence-corrected chi connectivity index (χ4v) is 2.39. The van der Waals surface area contributed by atoms with Crippen molar-refractivity contribution in [1.82, 2.24) is 4.90 Å². The standard InChI is InChI=1S/C9H9BrN2OS/c1-6(5-11)12(2)9(13)8-7(10)3-4-14-8/h3-4,6H,1-2H3. The van der Waals surface area contributed by atoms with E-state index in [0.717, 1.165) is 4.47 Å². The molecule has 0 fully saturated rings. The van der Waals surface area contributed by atoms with Crippen molar-refractivity contribution < 1.29 is 4.79 Å². The molecule has 0 radical (unpaired) electrons. The number of halogens is 1. The average Bonchev–Trinajstić information content (AvgIpc) is 2.61. The highest BCUT2D eigenvalue weighted by atomic mass is 79.9. The van der Waals surface area contributed by atoms with Crippen molar-refractivity contribution in [2.24, 2.45) is 0 Å². The molecule has 74 valence electrons. The highest BCUT2D eigenvalue weighted by Crippen LogP contribution is 2.24. The van der Waals surface area contributed by atoms with E-state index in [0.29, 0.717) is 4.88 Å². The first-order chi connectivity index (χ1) is 6.57. The molecule has 0 aliphatic rings. The van der Waals surface area contributed by atoms with Crippen LogP contribution < -0.4 is 0 Å². The van der Waals surface area contributed by atoms with Gasteiger partial charge >= 0.3 is 0 Å². The molecule has 0 spiro atoms. The highest BCUT2D eigenvalue weighted by Gasteiger charge is 2.19. The number of thiophene rings is 1. The molecule has 3 nitrogen and oxygen atoms in total. The van der Waals surface area contributed by atoms with Gasteiger partial charge in [-0.25, -0.2) is 0 Å². The van der Waals surface area contributed by atoms with Crippen LogP contribution in [-0.4, -0.2) is 23.9 Å². The molecule has 1 aromatic rings. The molecule has 1 atom stereocenters. The van der Waals surface area contributed by atoms with Crippen LogP contribution in [0.15, 0.2) is 15.9 Å². The smallest absolute Gasteiger partial charge is 0.265 e. The molecular formula is C9H9BrN2OS. The van der Waals surface area contributed by atoms with Gasteiger partial charge in [0.2, 0.25) is 0 Å². The summed E-state index contributed by atoms with van der Waals surface area (Å²) >= 11 is 4.65. The summed E-state index contributed by atoms with van der Waals surface area (Å²) in [5, 5.41) is 10.5. The Bertz CT molecular complexity index is 382. The van der Waals surface area contributed by atoms with Gasteiger partial charge in [0, 0.05) is 11.5 Å². The summed E-state index contributed by atoms with van der Waals surface area (Å²) in [5.74, 6) is -0.124. The van der Waals surface area contributed by atoms with Crippen molar-refractivity contribution in [3.05, 3.63) is 20.8 Å². The van der Waals surface area contributed by atoms with Crippen molar-refractivity contribution in [2.45, 2.75) is 13.0 Å². The lowest BCUT2D eigenvalue weighted by atomic mass is 10.3. The van der Waals surface area contributed by atoms with Crippen LogP contribution in [0.2, 0.25) is 0 Å². The monoisotopic (exact) mass is 272 g/mol. The highest BCUT2D eigenvalue weighted by molar-refractivity contribution is 9.10. The van der Waals surface area contributed by atoms with Crippen LogP contribution in [0.3, 0.4) is 0 Å². The maximum absolute atomic E-state index is 11.8. The molecule has 0 aromatic carbocycles. The zero-order valence-electron chi connectivity index (χ0n) is 7.82. The maximum Gasteiger partial charge on any atom is 0.265 e. The first-order valence-corrected chi connectivity index (χ1v) is 5.65. The van der Waals surface area contributed by atoms with Gasteiger partial charge in [0.1, 0.15) is 10.9 Å². The van der Waals surface area contributed by atoms with Crippen LogP contribution in [0.25, 0.3) is 0 Å². The van der Waals surface area contributed by atoms with Gasteiger partial charge < -0.3 is 4.90 Å². The van der Waals surface area contributed by atoms with Gasteiger partial charge in [-0.2, -0.15) is 5.26 Å². The van der Waals surface area contributed by atoms with Gasteiger partial charge in [-0.05, 0) is 34.3 Å². The predicted molar refractivity (Wildman–Crippen MR) is 59.2 cm³/mol. The maximum atomic E-state index is 11.8. The minimum atomic E-state index is -0.406. The van der Waals surface area contributed by atoms with Crippen LogP contribution in [0.4, 0.5) is 0 Å². The van der Waals surface area contributed by atoms with Crippen LogP contribution in [0.1, 0.15) is 16.6 Å². The Labute approximate surface area is 95.1 Å². The van der Waals surface area contributed by atoms with E-state index < -0.39 is 6.04 Å². The van der Waals surface area contributed by atoms with Crippen LogP contribution in [0.5, 0.6) is 0 Å². The largest absolute Gasteiger partial charge is 0.325 e. The second kappa shape index (κ2) is 4.58. The lowest BCUT2D eigenvalue weighted by Gasteiger charge is -2.18. The Morgan fingerprint density at radius 3 is 2.86 bits per heavy atom. The average molecular weight is 273 g/mol. The second-order valence-electron chi connectivity index (χ2n) is 2.82. The van der Waals surface area contributed by atoms with Crippen LogP contribution >= 0.6 is 27.3 Å². The first kappa shape index (κ1) is 11.2. The van der Waals surface area contributed by atoms with Crippen molar-refractivity contribution >= 4 is 33.2 Å². The quantitative estimate of drug-likeness (QED) is 0.831. The molecule has 1 aromatic heterocycles. The number of hydrogen-bond acceptors (Lipinski definition) is 3. The Kier molecular flexibility index (Phi) is 3.67. The molecular weight excluding hydrogens is 264 g/mol. The summed E-state index contributed by atoms with van der Waals surface area (Å²) in [6.07, 6.45) is 0. The van der Waals surface area contributed by atoms with Gasteiger partial charge in [-0.1, -0.05) is 0 Å². The van der Waals surface area contributed by atoms with Crippen LogP contribution in [0, 0.1) is 11.3 Å². The van der Waals surface area contributed by atoms with Crippen LogP contribution in [-0.2, 0) is 0 Å². The number of nitrogens with zero attached hydrogens (tertiary/aromatic N) is 2. The summed E-state index contributed by atoms with van der Waals surface area (Å²) < 4.78 is 0.782. The normalized spacial score (nSPS) is 11.9. The third kappa shape index (κ3) is 2.14. The topological polar surface area (TPSA) is 44.1 Å². The molecule has 1 rings (SSSR count). The number of amides is 1. The third-order valence-electron chi connectivity index (χ3n) is 1.90. The lowest BCUT2D eigenvalue weighted by molar-refractivity contribution is 0.0777. The minimum absolute atomic E-state index is 0.124. The molecule has 14 heavy (non-hydrogen) atoms. The lowest BCUT2D eigenvalue weighted by Crippen LogP contribution is -2.33. The van der Waals surface area contributed by atoms with E-state index in [9.17, 15) is 4.79 Å². The molecule has 0 N–H and O–H groups in total. The predicted octanol–water partition coefficient (Wildman–Crippen LogP) is 2.49. The fraction of sp³-hybridized carbons (Fsp3) is 0.333.